The van der Waals surface area contributed by atoms with Gasteiger partial charge in [-0.1, -0.05) is 13.8 Å². The third-order valence-corrected chi connectivity index (χ3v) is 2.75. The monoisotopic (exact) mass is 300 g/mol. The first-order valence-corrected chi connectivity index (χ1v) is 5.94. The minimum absolute atomic E-state index is 0.0454. The topological polar surface area (TPSA) is 80.9 Å². The third-order valence-electron chi connectivity index (χ3n) is 2.75. The summed E-state index contributed by atoms with van der Waals surface area (Å²) in [5.41, 5.74) is -1.59. The summed E-state index contributed by atoms with van der Waals surface area (Å²) in [5, 5.41) is 19.7. The number of hydrogen-bond donors (Lipinski definition) is 1. The van der Waals surface area contributed by atoms with E-state index in [4.69, 9.17) is 5.11 Å². The highest BCUT2D eigenvalue weighted by Crippen LogP contribution is 2.32. The van der Waals surface area contributed by atoms with Crippen LogP contribution in [0.15, 0.2) is 18.2 Å². The number of halogens is 3. The Kier molecular flexibility index (Phi) is 3.67. The Labute approximate surface area is 117 Å². The zero-order valence-corrected chi connectivity index (χ0v) is 11.1. The first kappa shape index (κ1) is 14.9. The molecule has 1 aromatic heterocycles. The van der Waals surface area contributed by atoms with Gasteiger partial charge in [0.15, 0.2) is 5.82 Å². The molecule has 0 radical (unpaired) electrons. The van der Waals surface area contributed by atoms with Gasteiger partial charge < -0.3 is 5.11 Å². The Morgan fingerprint density at radius 3 is 2.48 bits per heavy atom. The third kappa shape index (κ3) is 3.01. The summed E-state index contributed by atoms with van der Waals surface area (Å²) in [5.74, 6) is -1.25. The molecule has 1 heterocycles. The summed E-state index contributed by atoms with van der Waals surface area (Å²) < 4.78 is 39.7. The minimum atomic E-state index is -4.66. The summed E-state index contributed by atoms with van der Waals surface area (Å²) in [6.07, 6.45) is -4.66. The minimum Gasteiger partial charge on any atom is -0.478 e. The molecule has 0 unspecified atom stereocenters. The maximum atomic E-state index is 12.9. The Hall–Kier alpha value is -2.45. The van der Waals surface area contributed by atoms with Gasteiger partial charge in [0, 0.05) is 5.92 Å². The van der Waals surface area contributed by atoms with Crippen molar-refractivity contribution in [2.24, 2.45) is 0 Å². The molecule has 0 aliphatic carbocycles. The van der Waals surface area contributed by atoms with E-state index in [-0.39, 0.29) is 11.6 Å². The van der Waals surface area contributed by atoms with Gasteiger partial charge in [0.05, 0.1) is 16.8 Å². The summed E-state index contributed by atoms with van der Waals surface area (Å²) in [4.78, 5) is 11.0. The van der Waals surface area contributed by atoms with Gasteiger partial charge in [0.2, 0.25) is 0 Å². The fourth-order valence-electron chi connectivity index (χ4n) is 1.76. The molecule has 112 valence electrons. The van der Waals surface area contributed by atoms with Crippen LogP contribution in [0.25, 0.3) is 5.69 Å². The molecule has 2 aromatic rings. The SMILES string of the molecule is CC(C)c1nnnn1-c1cc(C(=O)O)cc(C(F)(F)F)c1. The van der Waals surface area contributed by atoms with Crippen molar-refractivity contribution < 1.29 is 23.1 Å². The average Bonchev–Trinajstić information content (AvgIpc) is 2.86. The maximum absolute atomic E-state index is 12.9. The first-order chi connectivity index (χ1) is 9.70. The van der Waals surface area contributed by atoms with Crippen molar-refractivity contribution in [3.8, 4) is 5.69 Å². The Balaban J connectivity index is 2.65. The standard InChI is InChI=1S/C12H11F3N4O2/c1-6(2)10-16-17-18-19(10)9-4-7(11(20)21)3-8(5-9)12(13,14)15/h3-6H,1-2H3,(H,20,21). The number of carbonyl (C=O) groups is 1. The quantitative estimate of drug-likeness (QED) is 0.942. The molecular weight excluding hydrogens is 289 g/mol. The summed E-state index contributed by atoms with van der Waals surface area (Å²) in [7, 11) is 0. The van der Waals surface area contributed by atoms with Crippen LogP contribution in [-0.4, -0.2) is 31.3 Å². The molecule has 1 N–H and O–H groups in total. The lowest BCUT2D eigenvalue weighted by molar-refractivity contribution is -0.137. The predicted octanol–water partition coefficient (Wildman–Crippen LogP) is 2.50. The van der Waals surface area contributed by atoms with Crippen LogP contribution in [0, 0.1) is 0 Å². The van der Waals surface area contributed by atoms with Crippen molar-refractivity contribution >= 4 is 5.97 Å². The lowest BCUT2D eigenvalue weighted by Gasteiger charge is -2.12. The number of aromatic nitrogens is 4. The zero-order chi connectivity index (χ0) is 15.8. The molecule has 21 heavy (non-hydrogen) atoms. The van der Waals surface area contributed by atoms with Gasteiger partial charge in [-0.25, -0.2) is 4.79 Å². The first-order valence-electron chi connectivity index (χ1n) is 5.94. The molecule has 9 heteroatoms. The molecule has 0 saturated carbocycles. The molecule has 2 rings (SSSR count). The Bertz CT molecular complexity index is 679. The van der Waals surface area contributed by atoms with Gasteiger partial charge in [-0.3, -0.25) is 0 Å². The van der Waals surface area contributed by atoms with Gasteiger partial charge in [0.25, 0.3) is 0 Å². The smallest absolute Gasteiger partial charge is 0.416 e. The second-order valence-corrected chi connectivity index (χ2v) is 4.68. The van der Waals surface area contributed by atoms with Crippen LogP contribution in [0.5, 0.6) is 0 Å². The molecule has 0 amide bonds. The van der Waals surface area contributed by atoms with Gasteiger partial charge in [-0.2, -0.15) is 17.9 Å². The normalized spacial score (nSPS) is 11.9. The highest BCUT2D eigenvalue weighted by molar-refractivity contribution is 5.88. The summed E-state index contributed by atoms with van der Waals surface area (Å²) in [6, 6.07) is 2.49. The molecule has 0 aliphatic rings. The number of rotatable bonds is 3. The number of benzene rings is 1. The van der Waals surface area contributed by atoms with Crippen LogP contribution >= 0.6 is 0 Å². The number of carboxylic acid groups (broad SMARTS) is 1. The number of carboxylic acids is 1. The summed E-state index contributed by atoms with van der Waals surface area (Å²) in [6.45, 7) is 3.54. The van der Waals surface area contributed by atoms with Crippen LogP contribution in [0.1, 0.15) is 41.5 Å². The van der Waals surface area contributed by atoms with E-state index in [1.165, 1.54) is 0 Å². The van der Waals surface area contributed by atoms with E-state index in [9.17, 15) is 18.0 Å². The van der Waals surface area contributed by atoms with E-state index in [2.05, 4.69) is 15.5 Å². The van der Waals surface area contributed by atoms with Crippen molar-refractivity contribution in [2.75, 3.05) is 0 Å². The molecule has 0 atom stereocenters. The Morgan fingerprint density at radius 2 is 1.95 bits per heavy atom. The van der Waals surface area contributed by atoms with Crippen molar-refractivity contribution in [1.82, 2.24) is 20.2 Å². The number of tetrazole rings is 1. The average molecular weight is 300 g/mol. The lowest BCUT2D eigenvalue weighted by Crippen LogP contribution is -2.12. The predicted molar refractivity (Wildman–Crippen MR) is 65.2 cm³/mol. The molecule has 0 spiro atoms. The van der Waals surface area contributed by atoms with Crippen molar-refractivity contribution in [1.29, 1.82) is 0 Å². The number of nitrogens with zero attached hydrogens (tertiary/aromatic N) is 4. The van der Waals surface area contributed by atoms with Gasteiger partial charge in [0.1, 0.15) is 0 Å². The van der Waals surface area contributed by atoms with Crippen LogP contribution in [-0.2, 0) is 6.18 Å². The second-order valence-electron chi connectivity index (χ2n) is 4.68. The van der Waals surface area contributed by atoms with E-state index in [1.54, 1.807) is 13.8 Å². The maximum Gasteiger partial charge on any atom is 0.416 e. The highest BCUT2D eigenvalue weighted by atomic mass is 19.4. The molecular formula is C12H11F3N4O2. The van der Waals surface area contributed by atoms with E-state index in [1.807, 2.05) is 0 Å². The highest BCUT2D eigenvalue weighted by Gasteiger charge is 2.32. The van der Waals surface area contributed by atoms with Gasteiger partial charge in [-0.05, 0) is 28.6 Å². The lowest BCUT2D eigenvalue weighted by atomic mass is 10.1. The number of alkyl halides is 3. The van der Waals surface area contributed by atoms with Crippen LogP contribution < -0.4 is 0 Å². The van der Waals surface area contributed by atoms with Gasteiger partial charge >= 0.3 is 12.1 Å². The Morgan fingerprint density at radius 1 is 1.29 bits per heavy atom. The van der Waals surface area contributed by atoms with Crippen LogP contribution in [0.2, 0.25) is 0 Å². The van der Waals surface area contributed by atoms with E-state index < -0.39 is 23.3 Å². The fraction of sp³-hybridized carbons (Fsp3) is 0.333. The van der Waals surface area contributed by atoms with E-state index >= 15 is 0 Å². The molecule has 1 aromatic carbocycles. The molecule has 6 nitrogen and oxygen atoms in total. The van der Waals surface area contributed by atoms with Crippen LogP contribution in [0.3, 0.4) is 0 Å². The van der Waals surface area contributed by atoms with E-state index in [0.717, 1.165) is 16.8 Å². The van der Waals surface area contributed by atoms with E-state index in [0.29, 0.717) is 11.9 Å². The molecule has 0 fully saturated rings. The molecule has 0 aliphatic heterocycles. The largest absolute Gasteiger partial charge is 0.478 e. The van der Waals surface area contributed by atoms with Gasteiger partial charge in [-0.15, -0.1) is 5.10 Å². The number of hydrogen-bond acceptors (Lipinski definition) is 4. The van der Waals surface area contributed by atoms with Crippen LogP contribution in [0.4, 0.5) is 13.2 Å². The zero-order valence-electron chi connectivity index (χ0n) is 11.1. The fourth-order valence-corrected chi connectivity index (χ4v) is 1.76. The van der Waals surface area contributed by atoms with Crippen molar-refractivity contribution in [3.63, 3.8) is 0 Å². The summed E-state index contributed by atoms with van der Waals surface area (Å²) >= 11 is 0. The second kappa shape index (κ2) is 5.15. The molecule has 0 saturated heterocycles. The van der Waals surface area contributed by atoms with Crippen molar-refractivity contribution in [3.05, 3.63) is 35.2 Å². The molecule has 0 bridgehead atoms. The van der Waals surface area contributed by atoms with Crippen molar-refractivity contribution in [2.45, 2.75) is 25.9 Å². The number of aromatic carboxylic acids is 1.